The summed E-state index contributed by atoms with van der Waals surface area (Å²) in [6, 6.07) is 37.9. The number of hydrogen-bond acceptors (Lipinski definition) is 13. The second-order valence-electron chi connectivity index (χ2n) is 42.4. The smallest absolute Gasteiger partial charge is 0.136 e. The van der Waals surface area contributed by atoms with E-state index in [9.17, 15) is 31.4 Å². The third-order valence-corrected chi connectivity index (χ3v) is 32.1. The Morgan fingerprint density at radius 2 is 0.667 bits per heavy atom. The number of aromatic nitrogens is 4. The number of aliphatic hydroxyl groups excluding tert-OH is 1. The number of ether oxygens (including phenoxy) is 4. The van der Waals surface area contributed by atoms with Crippen LogP contribution < -0.4 is 18.9 Å². The normalized spacial score (nSPS) is 22.3. The van der Waals surface area contributed by atoms with Crippen molar-refractivity contribution in [1.82, 2.24) is 59.1 Å². The Bertz CT molecular complexity index is 6180. The minimum atomic E-state index is -1.55. The predicted octanol–water partition coefficient (Wildman–Crippen LogP) is 23.0. The summed E-state index contributed by atoms with van der Waals surface area (Å²) in [4.78, 5) is 29.8. The minimum Gasteiger partial charge on any atom is -0.492 e. The highest BCUT2D eigenvalue weighted by molar-refractivity contribution is 5.88. The summed E-state index contributed by atoms with van der Waals surface area (Å²) in [7, 11) is 0. The van der Waals surface area contributed by atoms with Crippen LogP contribution in [-0.4, -0.2) is 271 Å². The molecule has 5 N–H and O–H groups in total. The van der Waals surface area contributed by atoms with Crippen LogP contribution in [0.2, 0.25) is 0 Å². The predicted molar refractivity (Wildman–Crippen MR) is 545 cm³/mol. The first kappa shape index (κ1) is 107. The number of H-pyrrole nitrogens is 4. The van der Waals surface area contributed by atoms with Crippen LogP contribution in [0.4, 0.5) is 65.9 Å². The maximum absolute atomic E-state index is 15.8. The first-order valence-electron chi connectivity index (χ1n) is 52.6. The first-order chi connectivity index (χ1) is 71.1. The van der Waals surface area contributed by atoms with E-state index in [1.165, 1.54) is 36.4 Å². The first-order valence-corrected chi connectivity index (χ1v) is 52.6. The van der Waals surface area contributed by atoms with Crippen molar-refractivity contribution in [2.24, 2.45) is 29.6 Å². The number of para-hydroxylation sites is 4. The Hall–Kier alpha value is -10.3. The zero-order chi connectivity index (χ0) is 103. The van der Waals surface area contributed by atoms with Gasteiger partial charge in [-0.25, -0.2) is 43.9 Å². The summed E-state index contributed by atoms with van der Waals surface area (Å²) < 4.78 is 244. The van der Waals surface area contributed by atoms with Gasteiger partial charge in [-0.3, -0.25) is 61.2 Å². The number of nitrogens with one attached hydrogen (secondary N) is 4. The van der Waals surface area contributed by atoms with Gasteiger partial charge in [0.05, 0.1) is 64.1 Å². The van der Waals surface area contributed by atoms with Crippen molar-refractivity contribution in [2.45, 2.75) is 185 Å². The molecule has 8 aliphatic heterocycles. The number of likely N-dealkylation sites (tertiary alicyclic amines) is 4. The van der Waals surface area contributed by atoms with Gasteiger partial charge < -0.3 is 44.0 Å². The summed E-state index contributed by atoms with van der Waals surface area (Å²) in [6.45, 7) is 21.3. The molecule has 792 valence electrons. The van der Waals surface area contributed by atoms with Gasteiger partial charge in [-0.05, 0) is 157 Å². The molecule has 4 saturated heterocycles. The van der Waals surface area contributed by atoms with Crippen LogP contribution in [0.15, 0.2) is 146 Å². The van der Waals surface area contributed by atoms with Crippen molar-refractivity contribution < 1.29 is 89.9 Å². The van der Waals surface area contributed by atoms with E-state index in [0.29, 0.717) is 129 Å². The van der Waals surface area contributed by atoms with Crippen LogP contribution in [0.25, 0.3) is 43.6 Å². The summed E-state index contributed by atoms with van der Waals surface area (Å²) in [5.41, 5.74) is 9.06. The number of unbranched alkanes of at least 4 members (excludes halogenated alkanes) is 1. The van der Waals surface area contributed by atoms with Gasteiger partial charge in [-0.1, -0.05) is 100.0 Å². The number of aliphatic hydroxyl groups is 1. The topological polar surface area (TPSA) is 146 Å². The molecule has 12 aromatic rings. The summed E-state index contributed by atoms with van der Waals surface area (Å²) in [5.74, 6) is -5.26. The quantitative estimate of drug-likeness (QED) is 0.0236. The van der Waals surface area contributed by atoms with Crippen LogP contribution in [0.5, 0.6) is 23.0 Å². The van der Waals surface area contributed by atoms with Crippen LogP contribution in [-0.2, 0) is 25.7 Å². The molecule has 0 radical (unpaired) electrons. The van der Waals surface area contributed by atoms with E-state index >= 15 is 39.5 Å². The molecule has 8 aromatic carbocycles. The number of aromatic amines is 4. The largest absolute Gasteiger partial charge is 0.492 e. The van der Waals surface area contributed by atoms with Gasteiger partial charge in [-0.15, -0.1) is 0 Å². The molecule has 21 rings (SSSR count). The van der Waals surface area contributed by atoms with Gasteiger partial charge in [0.2, 0.25) is 0 Å². The molecule has 1 saturated carbocycles. The minimum absolute atomic E-state index is 0.0308. The highest BCUT2D eigenvalue weighted by Gasteiger charge is 2.49. The van der Waals surface area contributed by atoms with Gasteiger partial charge in [0.25, 0.3) is 0 Å². The van der Waals surface area contributed by atoms with Gasteiger partial charge in [-0.2, -0.15) is 0 Å². The van der Waals surface area contributed by atoms with E-state index in [0.717, 1.165) is 134 Å². The Labute approximate surface area is 850 Å². The van der Waals surface area contributed by atoms with Crippen molar-refractivity contribution >= 4 is 43.6 Å². The van der Waals surface area contributed by atoms with Crippen molar-refractivity contribution in [3.63, 3.8) is 0 Å². The van der Waals surface area contributed by atoms with E-state index in [-0.39, 0.29) is 158 Å². The molecule has 9 aliphatic rings. The molecule has 5 fully saturated rings. The Morgan fingerprint density at radius 3 is 0.946 bits per heavy atom. The number of rotatable bonds is 37. The lowest BCUT2D eigenvalue weighted by atomic mass is 9.79. The zero-order valence-corrected chi connectivity index (χ0v) is 84.8. The molecular weight excluding hydrogens is 1910 g/mol. The van der Waals surface area contributed by atoms with Crippen LogP contribution >= 0.6 is 0 Å². The average Bonchev–Trinajstić information content (AvgIpc) is 1.69. The lowest BCUT2D eigenvalue weighted by Crippen LogP contribution is -2.53. The lowest BCUT2D eigenvalue weighted by molar-refractivity contribution is -0.00826. The molecule has 17 nitrogen and oxygen atoms in total. The second-order valence-corrected chi connectivity index (χ2v) is 42.4. The molecule has 0 amide bonds. The van der Waals surface area contributed by atoms with Gasteiger partial charge in [0.15, 0.2) is 0 Å². The van der Waals surface area contributed by atoms with E-state index in [1.807, 2.05) is 158 Å². The molecular formula is C115H137F15N12O5. The molecule has 32 heteroatoms. The number of fused-ring (bicyclic) bond motifs is 12. The maximum atomic E-state index is 15.8. The molecule has 147 heavy (non-hydrogen) atoms. The number of hydrogen-bond donors (Lipinski definition) is 5. The summed E-state index contributed by atoms with van der Waals surface area (Å²) >= 11 is 0. The van der Waals surface area contributed by atoms with Crippen molar-refractivity contribution in [2.75, 3.05) is 165 Å². The molecule has 0 unspecified atom stereocenters. The molecule has 11 atom stereocenters. The number of benzene rings is 8. The fourth-order valence-corrected chi connectivity index (χ4v) is 23.6. The highest BCUT2D eigenvalue weighted by Crippen LogP contribution is 2.51. The summed E-state index contributed by atoms with van der Waals surface area (Å²) in [6.07, 6.45) is 6.51. The van der Waals surface area contributed by atoms with Crippen molar-refractivity contribution in [1.29, 1.82) is 0 Å². The SMILES string of the molecule is CCCCN1CC(Oc2cc(F)c([C@@H]3c4[nH]c5ccccc5c4C[C@@H](C)N3CC3(F)CCC3)c(F)c2)C1.CC[C@@H](CF)CN1[C@H](c2c(F)cc(OCCN3CC(CF)C3)cc2F)c2[nH]c3ccccc3c2C[C@H]1C.CC[C@H](CF)CN1[C@H](c2c(F)cc(OCCN3CC(CF)C3)cc2F)c2[nH]c3ccccc3c2C[C@H]1C.C[C@@H]1Cc2c([nH]c3ccccc23)[C@@H](c2c(F)cc(OCCN3CC(CF)C3)cc2F)N1C[C@@H](F)CO. The van der Waals surface area contributed by atoms with E-state index in [4.69, 9.17) is 18.9 Å². The maximum Gasteiger partial charge on any atom is 0.136 e. The Balaban J connectivity index is 0.000000128. The van der Waals surface area contributed by atoms with Gasteiger partial charge in [0, 0.05) is 277 Å². The monoisotopic (exact) mass is 2050 g/mol. The van der Waals surface area contributed by atoms with Crippen molar-refractivity contribution in [3.8, 4) is 23.0 Å². The van der Waals surface area contributed by atoms with E-state index < -0.39 is 103 Å². The van der Waals surface area contributed by atoms with E-state index in [2.05, 4.69) is 41.6 Å². The molecule has 0 spiro atoms. The highest BCUT2D eigenvalue weighted by atomic mass is 19.2. The Morgan fingerprint density at radius 1 is 0.381 bits per heavy atom. The third kappa shape index (κ3) is 23.0. The molecule has 4 aromatic heterocycles. The van der Waals surface area contributed by atoms with Crippen LogP contribution in [0.3, 0.4) is 0 Å². The van der Waals surface area contributed by atoms with Crippen molar-refractivity contribution in [3.05, 3.63) is 259 Å². The zero-order valence-electron chi connectivity index (χ0n) is 84.8. The van der Waals surface area contributed by atoms with Gasteiger partial charge in [0.1, 0.15) is 107 Å². The summed E-state index contributed by atoms with van der Waals surface area (Å²) in [5, 5.41) is 13.5. The number of halogens is 15. The standard InChI is InChI=1S/C30H36F3N3O.2C29H35F4N3O.C27H31F4N3O2/c1-3-4-12-35-16-21(17-35)37-20-14-24(31)27(25(32)15-20)29-28-23(22-8-5-6-9-26(22)34-28)13-19(2)36(29)18-30(33)10-7-11-30;2*1-3-19(13-30)17-36-18(2)10-23-22-6-4-5-7-26(22)34-28(23)29(36)27-24(32)11-21(12-25(27)33)37-9-8-35-15-20(14-31)16-35;1-16-8-21-20-4-2-3-5-24(20)32-26(21)27(34(16)14-18(29)15-35)25-22(30)9-19(10-23(25)31)36-7-6-33-12-17(11-28)13-33/h5-6,8-9,14-15,19,21,29,34H,3-4,7,10-13,16-18H2,1-2H3;2*4-7,11-12,18-20,29,34H,3,8-10,13-17H2,1-2H3;2-5,9-10,16-18,27,32,35H,6-8,11-15H2,1H3/t19-,29-;18-,19+,29-;18-,19-,29-;16-,18-,27-/m1111/s1. The molecule has 1 aliphatic carbocycles. The van der Waals surface area contributed by atoms with Crippen LogP contribution in [0.1, 0.15) is 185 Å². The fraction of sp³-hybridized carbons (Fsp3) is 0.513. The Kier molecular flexibility index (Phi) is 34.1. The second kappa shape index (κ2) is 47.1. The molecule has 12 heterocycles. The lowest BCUT2D eigenvalue weighted by Gasteiger charge is -2.46. The average molecular weight is 2050 g/mol. The fourth-order valence-electron chi connectivity index (χ4n) is 23.6. The third-order valence-electron chi connectivity index (χ3n) is 32.1. The van der Waals surface area contributed by atoms with E-state index in [1.54, 1.807) is 4.90 Å². The molecule has 0 bridgehead atoms. The van der Waals surface area contributed by atoms with Crippen LogP contribution in [0, 0.1) is 76.1 Å². The van der Waals surface area contributed by atoms with Gasteiger partial charge >= 0.3 is 0 Å². The number of alkyl halides is 7. The number of nitrogens with zero attached hydrogens (tertiary/aromatic N) is 8.